The lowest BCUT2D eigenvalue weighted by atomic mass is 9.97. The Morgan fingerprint density at radius 2 is 2.00 bits per heavy atom. The number of aromatic nitrogens is 1. The fraction of sp³-hybridized carbons (Fsp3) is 0.375. The molecule has 1 aromatic heterocycles. The van der Waals surface area contributed by atoms with Crippen molar-refractivity contribution >= 4 is 16.7 Å². The van der Waals surface area contributed by atoms with Crippen LogP contribution in [0.5, 0.6) is 5.75 Å². The number of benzene rings is 1. The van der Waals surface area contributed by atoms with Gasteiger partial charge in [0.1, 0.15) is 5.75 Å². The van der Waals surface area contributed by atoms with E-state index in [1.54, 1.807) is 12.1 Å². The number of rotatable bonds is 5. The molecule has 0 aliphatic heterocycles. The van der Waals surface area contributed by atoms with Gasteiger partial charge >= 0.3 is 0 Å². The molecule has 0 bridgehead atoms. The van der Waals surface area contributed by atoms with Crippen LogP contribution < -0.4 is 10.9 Å². The fourth-order valence-electron chi connectivity index (χ4n) is 2.42. The van der Waals surface area contributed by atoms with Gasteiger partial charge in [-0.05, 0) is 24.6 Å². The second-order valence-corrected chi connectivity index (χ2v) is 5.39. The minimum Gasteiger partial charge on any atom is -0.506 e. The number of nitrogens with one attached hydrogen (secondary N) is 2. The summed E-state index contributed by atoms with van der Waals surface area (Å²) < 4.78 is 0. The minimum atomic E-state index is -0.310. The molecule has 0 aliphatic carbocycles. The number of hydrogen-bond donors (Lipinski definition) is 3. The average molecular weight is 288 g/mol. The van der Waals surface area contributed by atoms with Gasteiger partial charge in [0.15, 0.2) is 5.78 Å². The maximum atomic E-state index is 12.7. The molecule has 0 unspecified atom stereocenters. The lowest BCUT2D eigenvalue weighted by Gasteiger charge is -2.19. The SMILES string of the molecule is CC[C@H](NC(C)C)C(=O)c1ccc(O)c2[nH]c(=O)ccc12. The number of aromatic amines is 1. The summed E-state index contributed by atoms with van der Waals surface area (Å²) in [6.07, 6.45) is 0.669. The molecule has 112 valence electrons. The number of H-pyrrole nitrogens is 1. The average Bonchev–Trinajstić information content (AvgIpc) is 2.45. The van der Waals surface area contributed by atoms with E-state index >= 15 is 0 Å². The van der Waals surface area contributed by atoms with Crippen LogP contribution in [0.25, 0.3) is 10.9 Å². The molecule has 0 amide bonds. The van der Waals surface area contributed by atoms with Crippen molar-refractivity contribution in [3.05, 3.63) is 40.2 Å². The first-order chi connectivity index (χ1) is 9.93. The number of fused-ring (bicyclic) bond motifs is 1. The van der Waals surface area contributed by atoms with E-state index in [0.717, 1.165) is 0 Å². The van der Waals surface area contributed by atoms with Gasteiger partial charge in [0.25, 0.3) is 0 Å². The van der Waals surface area contributed by atoms with Gasteiger partial charge in [-0.25, -0.2) is 0 Å². The van der Waals surface area contributed by atoms with Crippen molar-refractivity contribution in [2.24, 2.45) is 0 Å². The quantitative estimate of drug-likeness (QED) is 0.737. The van der Waals surface area contributed by atoms with Crippen molar-refractivity contribution < 1.29 is 9.90 Å². The lowest BCUT2D eigenvalue weighted by molar-refractivity contribution is 0.0937. The first-order valence-electron chi connectivity index (χ1n) is 7.09. The topological polar surface area (TPSA) is 82.2 Å². The van der Waals surface area contributed by atoms with Crippen molar-refractivity contribution in [1.82, 2.24) is 10.3 Å². The third-order valence-corrected chi connectivity index (χ3v) is 3.40. The van der Waals surface area contributed by atoms with Crippen LogP contribution in [0, 0.1) is 0 Å². The zero-order valence-corrected chi connectivity index (χ0v) is 12.4. The Balaban J connectivity index is 2.53. The van der Waals surface area contributed by atoms with Crippen molar-refractivity contribution in [2.45, 2.75) is 39.3 Å². The molecule has 1 heterocycles. The number of carbonyl (C=O) groups is 1. The zero-order valence-electron chi connectivity index (χ0n) is 12.4. The number of ketones is 1. The van der Waals surface area contributed by atoms with Crippen molar-refractivity contribution in [3.63, 3.8) is 0 Å². The smallest absolute Gasteiger partial charge is 0.248 e. The van der Waals surface area contributed by atoms with Crippen molar-refractivity contribution in [3.8, 4) is 5.75 Å². The normalized spacial score (nSPS) is 12.8. The highest BCUT2D eigenvalue weighted by Gasteiger charge is 2.21. The molecule has 0 saturated heterocycles. The van der Waals surface area contributed by atoms with Gasteiger partial charge in [-0.3, -0.25) is 9.59 Å². The Hall–Kier alpha value is -2.14. The molecule has 0 fully saturated rings. The Kier molecular flexibility index (Phi) is 4.43. The van der Waals surface area contributed by atoms with Gasteiger partial charge in [-0.1, -0.05) is 20.8 Å². The summed E-state index contributed by atoms with van der Waals surface area (Å²) in [5.41, 5.74) is 0.488. The maximum Gasteiger partial charge on any atom is 0.248 e. The summed E-state index contributed by atoms with van der Waals surface area (Å²) in [5.74, 6) is -0.0765. The number of hydrogen-bond acceptors (Lipinski definition) is 4. The van der Waals surface area contributed by atoms with Crippen molar-refractivity contribution in [1.29, 1.82) is 0 Å². The number of aromatic hydroxyl groups is 1. The van der Waals surface area contributed by atoms with E-state index in [2.05, 4.69) is 10.3 Å². The summed E-state index contributed by atoms with van der Waals surface area (Å²) >= 11 is 0. The molecular formula is C16H20N2O3. The Bertz CT molecular complexity index is 719. The molecule has 0 spiro atoms. The monoisotopic (exact) mass is 288 g/mol. The molecule has 0 saturated carbocycles. The molecule has 5 heteroatoms. The van der Waals surface area contributed by atoms with Crippen LogP contribution >= 0.6 is 0 Å². The molecule has 2 aromatic rings. The van der Waals surface area contributed by atoms with Gasteiger partial charge < -0.3 is 15.4 Å². The number of Topliss-reactive ketones (excluding diaryl/α,β-unsaturated/α-hetero) is 1. The second-order valence-electron chi connectivity index (χ2n) is 5.39. The Labute approximate surface area is 123 Å². The first-order valence-corrected chi connectivity index (χ1v) is 7.09. The second kappa shape index (κ2) is 6.10. The van der Waals surface area contributed by atoms with Crippen LogP contribution in [-0.4, -0.2) is 28.0 Å². The van der Waals surface area contributed by atoms with Crippen LogP contribution in [0.3, 0.4) is 0 Å². The number of phenolic OH excluding ortho intramolecular Hbond substituents is 1. The summed E-state index contributed by atoms with van der Waals surface area (Å²) in [5, 5.41) is 13.6. The summed E-state index contributed by atoms with van der Waals surface area (Å²) in [7, 11) is 0. The third kappa shape index (κ3) is 3.13. The predicted molar refractivity (Wildman–Crippen MR) is 82.9 cm³/mol. The molecule has 0 aliphatic rings. The number of carbonyl (C=O) groups excluding carboxylic acids is 1. The van der Waals surface area contributed by atoms with Gasteiger partial charge in [0, 0.05) is 23.1 Å². The van der Waals surface area contributed by atoms with E-state index in [0.29, 0.717) is 22.9 Å². The standard InChI is InChI=1S/C16H20N2O3/c1-4-12(17-9(2)3)16(21)11-5-7-13(19)15-10(11)6-8-14(20)18-15/h5-9,12,17,19H,4H2,1-3H3,(H,18,20)/t12-/m0/s1. The minimum absolute atomic E-state index is 0.0379. The molecule has 3 N–H and O–H groups in total. The van der Waals surface area contributed by atoms with Crippen LogP contribution in [-0.2, 0) is 0 Å². The summed E-state index contributed by atoms with van der Waals surface area (Å²) in [6, 6.07) is 5.88. The summed E-state index contributed by atoms with van der Waals surface area (Å²) in [4.78, 5) is 26.6. The highest BCUT2D eigenvalue weighted by atomic mass is 16.3. The molecule has 21 heavy (non-hydrogen) atoms. The van der Waals surface area contributed by atoms with Crippen LogP contribution in [0.15, 0.2) is 29.1 Å². The lowest BCUT2D eigenvalue weighted by Crippen LogP contribution is -2.40. The molecule has 5 nitrogen and oxygen atoms in total. The number of phenols is 1. The van der Waals surface area contributed by atoms with Crippen LogP contribution in [0.4, 0.5) is 0 Å². The molecular weight excluding hydrogens is 268 g/mol. The highest BCUT2D eigenvalue weighted by Crippen LogP contribution is 2.25. The number of pyridine rings is 1. The first kappa shape index (κ1) is 15.3. The van der Waals surface area contributed by atoms with Gasteiger partial charge in [0.2, 0.25) is 5.56 Å². The van der Waals surface area contributed by atoms with E-state index in [-0.39, 0.29) is 29.2 Å². The van der Waals surface area contributed by atoms with Gasteiger partial charge in [0.05, 0.1) is 11.6 Å². The Morgan fingerprint density at radius 1 is 1.29 bits per heavy atom. The van der Waals surface area contributed by atoms with Gasteiger partial charge in [-0.15, -0.1) is 0 Å². The van der Waals surface area contributed by atoms with Crippen LogP contribution in [0.1, 0.15) is 37.6 Å². The molecule has 1 aromatic carbocycles. The predicted octanol–water partition coefficient (Wildman–Crippen LogP) is 2.19. The fourth-order valence-corrected chi connectivity index (χ4v) is 2.42. The molecule has 2 rings (SSSR count). The van der Waals surface area contributed by atoms with E-state index in [1.807, 2.05) is 20.8 Å². The van der Waals surface area contributed by atoms with E-state index in [4.69, 9.17) is 0 Å². The van der Waals surface area contributed by atoms with E-state index < -0.39 is 0 Å². The van der Waals surface area contributed by atoms with Crippen LogP contribution in [0.2, 0.25) is 0 Å². The largest absolute Gasteiger partial charge is 0.506 e. The molecule has 1 atom stereocenters. The highest BCUT2D eigenvalue weighted by molar-refractivity contribution is 6.10. The third-order valence-electron chi connectivity index (χ3n) is 3.40. The summed E-state index contributed by atoms with van der Waals surface area (Å²) in [6.45, 7) is 5.92. The molecule has 0 radical (unpaired) electrons. The Morgan fingerprint density at radius 3 is 2.62 bits per heavy atom. The van der Waals surface area contributed by atoms with Crippen molar-refractivity contribution in [2.75, 3.05) is 0 Å². The maximum absolute atomic E-state index is 12.7. The zero-order chi connectivity index (χ0) is 15.6. The van der Waals surface area contributed by atoms with E-state index in [1.165, 1.54) is 12.1 Å². The van der Waals surface area contributed by atoms with E-state index in [9.17, 15) is 14.7 Å². The van der Waals surface area contributed by atoms with Gasteiger partial charge in [-0.2, -0.15) is 0 Å².